The first-order chi connectivity index (χ1) is 9.30. The summed E-state index contributed by atoms with van der Waals surface area (Å²) in [6, 6.07) is 2.80. The standard InChI is InChI=1S/C15H22N2O3/c1-14(2)4-6-15(20,7-5-14)10-17-13(19)11-3-8-16-12(18)9-11/h3,8-9,20H,4-7,10H2,1-2H3,(H,16,18)(H,17,19). The van der Waals surface area contributed by atoms with E-state index < -0.39 is 5.60 Å². The van der Waals surface area contributed by atoms with Crippen LogP contribution in [0.15, 0.2) is 23.1 Å². The summed E-state index contributed by atoms with van der Waals surface area (Å²) >= 11 is 0. The van der Waals surface area contributed by atoms with Crippen LogP contribution in [0.2, 0.25) is 0 Å². The fourth-order valence-electron chi connectivity index (χ4n) is 2.50. The highest BCUT2D eigenvalue weighted by Gasteiger charge is 2.36. The van der Waals surface area contributed by atoms with Gasteiger partial charge in [-0.1, -0.05) is 13.8 Å². The first kappa shape index (κ1) is 14.8. The SMILES string of the molecule is CC1(C)CCC(O)(CNC(=O)c2cc[nH]c(=O)c2)CC1. The van der Waals surface area contributed by atoms with E-state index in [4.69, 9.17) is 0 Å². The molecule has 110 valence electrons. The number of hydrogen-bond acceptors (Lipinski definition) is 3. The lowest BCUT2D eigenvalue weighted by Crippen LogP contribution is -2.46. The predicted molar refractivity (Wildman–Crippen MR) is 76.6 cm³/mol. The van der Waals surface area contributed by atoms with E-state index in [9.17, 15) is 14.7 Å². The van der Waals surface area contributed by atoms with Crippen LogP contribution in [0.1, 0.15) is 49.9 Å². The zero-order chi connectivity index (χ0) is 14.8. The number of carbonyl (C=O) groups excluding carboxylic acids is 1. The quantitative estimate of drug-likeness (QED) is 0.782. The molecule has 0 aliphatic heterocycles. The van der Waals surface area contributed by atoms with Crippen LogP contribution in [-0.2, 0) is 0 Å². The summed E-state index contributed by atoms with van der Waals surface area (Å²) in [6.07, 6.45) is 4.72. The van der Waals surface area contributed by atoms with E-state index in [1.165, 1.54) is 12.3 Å². The molecule has 0 saturated heterocycles. The molecule has 1 aliphatic carbocycles. The normalized spacial score (nSPS) is 20.4. The Kier molecular flexibility index (Phi) is 3.99. The van der Waals surface area contributed by atoms with Crippen LogP contribution in [0.25, 0.3) is 0 Å². The second-order valence-electron chi connectivity index (χ2n) is 6.51. The van der Waals surface area contributed by atoms with Crippen LogP contribution in [0.3, 0.4) is 0 Å². The van der Waals surface area contributed by atoms with E-state index in [1.807, 2.05) is 0 Å². The average molecular weight is 278 g/mol. The molecule has 0 unspecified atom stereocenters. The summed E-state index contributed by atoms with van der Waals surface area (Å²) in [5, 5.41) is 13.2. The summed E-state index contributed by atoms with van der Waals surface area (Å²) in [7, 11) is 0. The van der Waals surface area contributed by atoms with Crippen molar-refractivity contribution in [3.63, 3.8) is 0 Å². The fraction of sp³-hybridized carbons (Fsp3) is 0.600. The third-order valence-corrected chi connectivity index (χ3v) is 4.15. The zero-order valence-electron chi connectivity index (χ0n) is 12.0. The molecule has 1 amide bonds. The van der Waals surface area contributed by atoms with Gasteiger partial charge in [0.25, 0.3) is 5.91 Å². The topological polar surface area (TPSA) is 82.2 Å². The van der Waals surface area contributed by atoms with Crippen LogP contribution >= 0.6 is 0 Å². The number of carbonyl (C=O) groups is 1. The van der Waals surface area contributed by atoms with Crippen molar-refractivity contribution >= 4 is 5.91 Å². The van der Waals surface area contributed by atoms with Crippen molar-refractivity contribution in [3.8, 4) is 0 Å². The summed E-state index contributed by atoms with van der Waals surface area (Å²) in [5.74, 6) is -0.325. The van der Waals surface area contributed by atoms with Crippen molar-refractivity contribution in [2.45, 2.75) is 45.1 Å². The number of nitrogens with one attached hydrogen (secondary N) is 2. The Hall–Kier alpha value is -1.62. The molecular weight excluding hydrogens is 256 g/mol. The second-order valence-corrected chi connectivity index (χ2v) is 6.51. The monoisotopic (exact) mass is 278 g/mol. The molecule has 1 saturated carbocycles. The molecule has 2 rings (SSSR count). The minimum atomic E-state index is -0.827. The van der Waals surface area contributed by atoms with Crippen molar-refractivity contribution in [1.29, 1.82) is 0 Å². The van der Waals surface area contributed by atoms with Crippen molar-refractivity contribution in [3.05, 3.63) is 34.2 Å². The zero-order valence-corrected chi connectivity index (χ0v) is 12.0. The number of H-pyrrole nitrogens is 1. The number of aromatic amines is 1. The lowest BCUT2D eigenvalue weighted by Gasteiger charge is -2.40. The van der Waals surface area contributed by atoms with Crippen molar-refractivity contribution in [2.75, 3.05) is 6.54 Å². The third kappa shape index (κ3) is 3.70. The van der Waals surface area contributed by atoms with Crippen LogP contribution in [0.5, 0.6) is 0 Å². The van der Waals surface area contributed by atoms with Crippen LogP contribution < -0.4 is 10.9 Å². The van der Waals surface area contributed by atoms with E-state index in [1.54, 1.807) is 6.07 Å². The molecule has 1 heterocycles. The average Bonchev–Trinajstić information content (AvgIpc) is 2.40. The van der Waals surface area contributed by atoms with E-state index in [-0.39, 0.29) is 23.4 Å². The Bertz CT molecular complexity index is 538. The number of rotatable bonds is 3. The molecule has 0 spiro atoms. The Labute approximate surface area is 118 Å². The summed E-state index contributed by atoms with van der Waals surface area (Å²) in [5.41, 5.74) is -0.556. The molecule has 0 atom stereocenters. The van der Waals surface area contributed by atoms with Gasteiger partial charge < -0.3 is 15.4 Å². The van der Waals surface area contributed by atoms with Gasteiger partial charge in [0.2, 0.25) is 5.56 Å². The molecule has 5 heteroatoms. The van der Waals surface area contributed by atoms with Crippen LogP contribution in [0, 0.1) is 5.41 Å². The highest BCUT2D eigenvalue weighted by atomic mass is 16.3. The van der Waals surface area contributed by atoms with E-state index in [0.717, 1.165) is 12.8 Å². The number of hydrogen-bond donors (Lipinski definition) is 3. The summed E-state index contributed by atoms with van der Waals surface area (Å²) in [6.45, 7) is 4.62. The third-order valence-electron chi connectivity index (χ3n) is 4.15. The maximum absolute atomic E-state index is 11.9. The summed E-state index contributed by atoms with van der Waals surface area (Å²) < 4.78 is 0. The number of aliphatic hydroxyl groups is 1. The predicted octanol–water partition coefficient (Wildman–Crippen LogP) is 1.44. The minimum absolute atomic E-state index is 0.231. The minimum Gasteiger partial charge on any atom is -0.388 e. The fourth-order valence-corrected chi connectivity index (χ4v) is 2.50. The molecule has 1 aromatic rings. The number of pyridine rings is 1. The molecule has 3 N–H and O–H groups in total. The van der Waals surface area contributed by atoms with Crippen molar-refractivity contribution < 1.29 is 9.90 Å². The largest absolute Gasteiger partial charge is 0.388 e. The molecule has 1 aromatic heterocycles. The Morgan fingerprint density at radius 3 is 2.60 bits per heavy atom. The Morgan fingerprint density at radius 2 is 2.00 bits per heavy atom. The van der Waals surface area contributed by atoms with Gasteiger partial charge in [0, 0.05) is 24.4 Å². The molecular formula is C15H22N2O3. The first-order valence-corrected chi connectivity index (χ1v) is 6.99. The van der Waals surface area contributed by atoms with E-state index in [2.05, 4.69) is 24.1 Å². The number of amides is 1. The van der Waals surface area contributed by atoms with Crippen LogP contribution in [-0.4, -0.2) is 28.1 Å². The highest BCUT2D eigenvalue weighted by molar-refractivity contribution is 5.93. The highest BCUT2D eigenvalue weighted by Crippen LogP contribution is 2.39. The van der Waals surface area contributed by atoms with Gasteiger partial charge in [0.05, 0.1) is 5.60 Å². The molecule has 0 bridgehead atoms. The number of aromatic nitrogens is 1. The van der Waals surface area contributed by atoms with Crippen molar-refractivity contribution in [1.82, 2.24) is 10.3 Å². The molecule has 20 heavy (non-hydrogen) atoms. The van der Waals surface area contributed by atoms with Gasteiger partial charge in [-0.15, -0.1) is 0 Å². The maximum atomic E-state index is 11.9. The molecule has 1 fully saturated rings. The van der Waals surface area contributed by atoms with Gasteiger partial charge in [-0.2, -0.15) is 0 Å². The first-order valence-electron chi connectivity index (χ1n) is 6.99. The van der Waals surface area contributed by atoms with Crippen molar-refractivity contribution in [2.24, 2.45) is 5.41 Å². The second kappa shape index (κ2) is 5.40. The van der Waals surface area contributed by atoms with Crippen LogP contribution in [0.4, 0.5) is 0 Å². The Morgan fingerprint density at radius 1 is 1.35 bits per heavy atom. The molecule has 5 nitrogen and oxygen atoms in total. The van der Waals surface area contributed by atoms with Gasteiger partial charge in [-0.3, -0.25) is 9.59 Å². The van der Waals surface area contributed by atoms with Gasteiger partial charge in [0.1, 0.15) is 0 Å². The lowest BCUT2D eigenvalue weighted by molar-refractivity contribution is -0.0233. The van der Waals surface area contributed by atoms with Gasteiger partial charge in [0.15, 0.2) is 0 Å². The van der Waals surface area contributed by atoms with Gasteiger partial charge in [-0.25, -0.2) is 0 Å². The Balaban J connectivity index is 1.92. The maximum Gasteiger partial charge on any atom is 0.251 e. The van der Waals surface area contributed by atoms with Gasteiger partial charge in [-0.05, 0) is 37.2 Å². The van der Waals surface area contributed by atoms with E-state index in [0.29, 0.717) is 18.4 Å². The molecule has 0 aromatic carbocycles. The van der Waals surface area contributed by atoms with Gasteiger partial charge >= 0.3 is 0 Å². The molecule has 1 aliphatic rings. The smallest absolute Gasteiger partial charge is 0.251 e. The lowest BCUT2D eigenvalue weighted by atomic mass is 9.71. The van der Waals surface area contributed by atoms with E-state index >= 15 is 0 Å². The summed E-state index contributed by atoms with van der Waals surface area (Å²) in [4.78, 5) is 25.5. The molecule has 0 radical (unpaired) electrons.